The third-order valence-corrected chi connectivity index (χ3v) is 3.35. The number of rotatable bonds is 5. The number of hydrogen-bond acceptors (Lipinski definition) is 2. The van der Waals surface area contributed by atoms with Crippen LogP contribution in [0.25, 0.3) is 0 Å². The minimum absolute atomic E-state index is 0.448. The standard InChI is InChI=1S/C13H20N2O/c16-13-3-1-11(2-4-13)9-14-7-5-12-6-8-15-10-12/h6,8,10-11,14-15H,1-5,7,9H2. The van der Waals surface area contributed by atoms with Gasteiger partial charge in [0.1, 0.15) is 5.78 Å². The van der Waals surface area contributed by atoms with E-state index >= 15 is 0 Å². The van der Waals surface area contributed by atoms with Crippen LogP contribution in [0.5, 0.6) is 0 Å². The summed E-state index contributed by atoms with van der Waals surface area (Å²) in [5, 5.41) is 3.48. The molecule has 0 aliphatic heterocycles. The number of H-pyrrole nitrogens is 1. The molecule has 16 heavy (non-hydrogen) atoms. The molecule has 0 atom stereocenters. The summed E-state index contributed by atoms with van der Waals surface area (Å²) in [6.07, 6.45) is 8.83. The van der Waals surface area contributed by atoms with Gasteiger partial charge in [-0.25, -0.2) is 0 Å². The zero-order valence-corrected chi connectivity index (χ0v) is 9.67. The Morgan fingerprint density at radius 2 is 2.19 bits per heavy atom. The summed E-state index contributed by atoms with van der Waals surface area (Å²) in [6, 6.07) is 2.11. The molecule has 1 saturated carbocycles. The molecule has 0 spiro atoms. The van der Waals surface area contributed by atoms with Crippen LogP contribution in [-0.2, 0) is 11.2 Å². The van der Waals surface area contributed by atoms with Crippen LogP contribution >= 0.6 is 0 Å². The number of aromatic amines is 1. The van der Waals surface area contributed by atoms with Gasteiger partial charge in [0.25, 0.3) is 0 Å². The van der Waals surface area contributed by atoms with Crippen molar-refractivity contribution < 1.29 is 4.79 Å². The van der Waals surface area contributed by atoms with Crippen molar-refractivity contribution in [3.8, 4) is 0 Å². The molecule has 0 aromatic carbocycles. The summed E-state index contributed by atoms with van der Waals surface area (Å²) in [4.78, 5) is 14.1. The van der Waals surface area contributed by atoms with Crippen LogP contribution in [0.1, 0.15) is 31.2 Å². The fraction of sp³-hybridized carbons (Fsp3) is 0.615. The van der Waals surface area contributed by atoms with E-state index in [9.17, 15) is 4.79 Å². The Kier molecular flexibility index (Phi) is 4.17. The molecule has 88 valence electrons. The summed E-state index contributed by atoms with van der Waals surface area (Å²) >= 11 is 0. The molecule has 0 amide bonds. The molecule has 1 heterocycles. The smallest absolute Gasteiger partial charge is 0.132 e. The molecule has 3 heteroatoms. The molecule has 1 aromatic rings. The Labute approximate surface area is 96.6 Å². The number of hydrogen-bond donors (Lipinski definition) is 2. The van der Waals surface area contributed by atoms with Crippen molar-refractivity contribution in [2.75, 3.05) is 13.1 Å². The van der Waals surface area contributed by atoms with Gasteiger partial charge in [-0.15, -0.1) is 0 Å². The summed E-state index contributed by atoms with van der Waals surface area (Å²) in [5.74, 6) is 1.16. The van der Waals surface area contributed by atoms with Gasteiger partial charge in [-0.2, -0.15) is 0 Å². The Hall–Kier alpha value is -1.09. The number of aromatic nitrogens is 1. The molecule has 0 radical (unpaired) electrons. The largest absolute Gasteiger partial charge is 0.367 e. The van der Waals surface area contributed by atoms with Gasteiger partial charge in [-0.1, -0.05) is 0 Å². The van der Waals surface area contributed by atoms with Gasteiger partial charge in [-0.05, 0) is 49.9 Å². The lowest BCUT2D eigenvalue weighted by molar-refractivity contribution is -0.120. The van der Waals surface area contributed by atoms with Crippen LogP contribution in [0.4, 0.5) is 0 Å². The van der Waals surface area contributed by atoms with E-state index in [4.69, 9.17) is 0 Å². The maximum atomic E-state index is 11.1. The highest BCUT2D eigenvalue weighted by Crippen LogP contribution is 2.20. The van der Waals surface area contributed by atoms with Crippen molar-refractivity contribution in [3.05, 3.63) is 24.0 Å². The third-order valence-electron chi connectivity index (χ3n) is 3.35. The van der Waals surface area contributed by atoms with Crippen LogP contribution in [0.2, 0.25) is 0 Å². The molecule has 2 N–H and O–H groups in total. The lowest BCUT2D eigenvalue weighted by atomic mass is 9.88. The first-order valence-electron chi connectivity index (χ1n) is 6.18. The van der Waals surface area contributed by atoms with Crippen LogP contribution in [0.3, 0.4) is 0 Å². The highest BCUT2D eigenvalue weighted by Gasteiger charge is 2.17. The molecule has 1 aromatic heterocycles. The van der Waals surface area contributed by atoms with E-state index in [1.54, 1.807) is 0 Å². The van der Waals surface area contributed by atoms with E-state index < -0.39 is 0 Å². The van der Waals surface area contributed by atoms with E-state index in [1.165, 1.54) is 5.56 Å². The van der Waals surface area contributed by atoms with Crippen LogP contribution < -0.4 is 5.32 Å². The van der Waals surface area contributed by atoms with Crippen molar-refractivity contribution in [1.82, 2.24) is 10.3 Å². The predicted molar refractivity (Wildman–Crippen MR) is 64.3 cm³/mol. The van der Waals surface area contributed by atoms with Gasteiger partial charge in [0.15, 0.2) is 0 Å². The molecule has 1 aliphatic carbocycles. The van der Waals surface area contributed by atoms with Crippen LogP contribution in [0, 0.1) is 5.92 Å². The molecule has 1 aliphatic rings. The third kappa shape index (κ3) is 3.49. The molecule has 0 saturated heterocycles. The number of nitrogens with one attached hydrogen (secondary N) is 2. The molecule has 1 fully saturated rings. The zero-order chi connectivity index (χ0) is 11.2. The lowest BCUT2D eigenvalue weighted by Crippen LogP contribution is -2.27. The topological polar surface area (TPSA) is 44.9 Å². The first-order chi connectivity index (χ1) is 7.84. The van der Waals surface area contributed by atoms with E-state index in [2.05, 4.69) is 16.4 Å². The number of carbonyl (C=O) groups excluding carboxylic acids is 1. The monoisotopic (exact) mass is 220 g/mol. The molecular weight excluding hydrogens is 200 g/mol. The number of Topliss-reactive ketones (excluding diaryl/α,β-unsaturated/α-hetero) is 1. The van der Waals surface area contributed by atoms with Gasteiger partial charge in [-0.3, -0.25) is 4.79 Å². The van der Waals surface area contributed by atoms with Gasteiger partial charge in [0, 0.05) is 25.2 Å². The van der Waals surface area contributed by atoms with Crippen molar-refractivity contribution in [3.63, 3.8) is 0 Å². The second-order valence-corrected chi connectivity index (χ2v) is 4.66. The van der Waals surface area contributed by atoms with E-state index in [0.717, 1.165) is 45.2 Å². The van der Waals surface area contributed by atoms with Crippen molar-refractivity contribution in [2.24, 2.45) is 5.92 Å². The maximum Gasteiger partial charge on any atom is 0.132 e. The Morgan fingerprint density at radius 3 is 2.88 bits per heavy atom. The number of carbonyl (C=O) groups is 1. The van der Waals surface area contributed by atoms with Gasteiger partial charge >= 0.3 is 0 Å². The van der Waals surface area contributed by atoms with Crippen LogP contribution in [0.15, 0.2) is 18.5 Å². The summed E-state index contributed by atoms with van der Waals surface area (Å²) in [6.45, 7) is 2.10. The maximum absolute atomic E-state index is 11.1. The highest BCUT2D eigenvalue weighted by molar-refractivity contribution is 5.79. The molecule has 3 nitrogen and oxygen atoms in total. The first kappa shape index (κ1) is 11.4. The molecule has 2 rings (SSSR count). The summed E-state index contributed by atoms with van der Waals surface area (Å²) < 4.78 is 0. The highest BCUT2D eigenvalue weighted by atomic mass is 16.1. The summed E-state index contributed by atoms with van der Waals surface area (Å²) in [5.41, 5.74) is 1.35. The van der Waals surface area contributed by atoms with Crippen molar-refractivity contribution >= 4 is 5.78 Å². The van der Waals surface area contributed by atoms with Crippen molar-refractivity contribution in [2.45, 2.75) is 32.1 Å². The normalized spacial score (nSPS) is 17.9. The fourth-order valence-corrected chi connectivity index (χ4v) is 2.26. The van der Waals surface area contributed by atoms with Crippen LogP contribution in [-0.4, -0.2) is 23.9 Å². The SMILES string of the molecule is O=C1CCC(CNCCc2cc[nH]c2)CC1. The molecular formula is C13H20N2O. The van der Waals surface area contributed by atoms with E-state index in [-0.39, 0.29) is 0 Å². The zero-order valence-electron chi connectivity index (χ0n) is 9.67. The predicted octanol–water partition coefficient (Wildman–Crippen LogP) is 1.91. The average Bonchev–Trinajstić information content (AvgIpc) is 2.80. The van der Waals surface area contributed by atoms with E-state index in [0.29, 0.717) is 11.7 Å². The minimum Gasteiger partial charge on any atom is -0.367 e. The Balaban J connectivity index is 1.56. The quantitative estimate of drug-likeness (QED) is 0.744. The fourth-order valence-electron chi connectivity index (χ4n) is 2.26. The van der Waals surface area contributed by atoms with Gasteiger partial charge in [0.2, 0.25) is 0 Å². The molecule has 0 bridgehead atoms. The second kappa shape index (κ2) is 5.85. The second-order valence-electron chi connectivity index (χ2n) is 4.66. The first-order valence-corrected chi connectivity index (χ1v) is 6.18. The Morgan fingerprint density at radius 1 is 1.38 bits per heavy atom. The van der Waals surface area contributed by atoms with Gasteiger partial charge < -0.3 is 10.3 Å². The molecule has 0 unspecified atom stereocenters. The number of ketones is 1. The average molecular weight is 220 g/mol. The Bertz CT molecular complexity index is 309. The summed E-state index contributed by atoms with van der Waals surface area (Å²) in [7, 11) is 0. The lowest BCUT2D eigenvalue weighted by Gasteiger charge is -2.21. The van der Waals surface area contributed by atoms with Crippen molar-refractivity contribution in [1.29, 1.82) is 0 Å². The van der Waals surface area contributed by atoms with E-state index in [1.807, 2.05) is 12.4 Å². The van der Waals surface area contributed by atoms with Gasteiger partial charge in [0.05, 0.1) is 0 Å². The minimum atomic E-state index is 0.448.